The van der Waals surface area contributed by atoms with Crippen molar-refractivity contribution in [2.75, 3.05) is 11.1 Å². The number of hydrogen-bond acceptors (Lipinski definition) is 3. The van der Waals surface area contributed by atoms with Crippen LogP contribution in [0.5, 0.6) is 0 Å². The van der Waals surface area contributed by atoms with Crippen molar-refractivity contribution >= 4 is 34.2 Å². The third kappa shape index (κ3) is 2.50. The quantitative estimate of drug-likeness (QED) is 0.837. The van der Waals surface area contributed by atoms with Crippen LogP contribution in [0.3, 0.4) is 0 Å². The molecule has 0 bridgehead atoms. The minimum absolute atomic E-state index is 0.290. The second-order valence-corrected chi connectivity index (χ2v) is 6.17. The van der Waals surface area contributed by atoms with E-state index >= 15 is 0 Å². The molecule has 0 saturated heterocycles. The summed E-state index contributed by atoms with van der Waals surface area (Å²) in [5.74, 6) is 1.54. The molecule has 0 radical (unpaired) electrons. The molecular formula is C13H14ClFN2S. The van der Waals surface area contributed by atoms with Gasteiger partial charge < -0.3 is 5.32 Å². The standard InChI is InChI=1S/C13H14ClFN2S/c14-10-5-4-9(15)6-12(10)17-13-16-11-3-1-2-8(11)7-18-13/h4-6,8,11H,1-3,7H2,(H,16,17). The third-order valence-corrected chi connectivity index (χ3v) is 4.91. The van der Waals surface area contributed by atoms with Gasteiger partial charge in [0.1, 0.15) is 5.82 Å². The number of rotatable bonds is 1. The van der Waals surface area contributed by atoms with Crippen molar-refractivity contribution < 1.29 is 4.39 Å². The highest BCUT2D eigenvalue weighted by atomic mass is 35.5. The van der Waals surface area contributed by atoms with Crippen molar-refractivity contribution in [3.63, 3.8) is 0 Å². The molecule has 1 fully saturated rings. The first kappa shape index (κ1) is 12.3. The van der Waals surface area contributed by atoms with Crippen molar-refractivity contribution in [3.05, 3.63) is 29.0 Å². The molecule has 1 saturated carbocycles. The van der Waals surface area contributed by atoms with E-state index in [9.17, 15) is 4.39 Å². The van der Waals surface area contributed by atoms with Crippen LogP contribution in [0.15, 0.2) is 23.2 Å². The fraction of sp³-hybridized carbons (Fsp3) is 0.462. The highest BCUT2D eigenvalue weighted by molar-refractivity contribution is 8.14. The highest BCUT2D eigenvalue weighted by Gasteiger charge is 2.31. The van der Waals surface area contributed by atoms with Crippen LogP contribution in [-0.4, -0.2) is 17.0 Å². The zero-order chi connectivity index (χ0) is 12.5. The van der Waals surface area contributed by atoms with Gasteiger partial charge in [-0.15, -0.1) is 0 Å². The Kier molecular flexibility index (Phi) is 3.48. The second-order valence-electron chi connectivity index (χ2n) is 4.75. The summed E-state index contributed by atoms with van der Waals surface area (Å²) in [4.78, 5) is 4.70. The van der Waals surface area contributed by atoms with Gasteiger partial charge in [-0.2, -0.15) is 0 Å². The Morgan fingerprint density at radius 1 is 1.39 bits per heavy atom. The summed E-state index contributed by atoms with van der Waals surface area (Å²) in [7, 11) is 0. The molecule has 1 aliphatic heterocycles. The Labute approximate surface area is 115 Å². The minimum atomic E-state index is -0.290. The molecule has 0 amide bonds. The number of nitrogens with zero attached hydrogens (tertiary/aromatic N) is 1. The van der Waals surface area contributed by atoms with Gasteiger partial charge in [0, 0.05) is 5.75 Å². The average Bonchev–Trinajstić information content (AvgIpc) is 2.81. The van der Waals surface area contributed by atoms with Gasteiger partial charge in [-0.1, -0.05) is 29.8 Å². The lowest BCUT2D eigenvalue weighted by atomic mass is 10.1. The van der Waals surface area contributed by atoms with Crippen molar-refractivity contribution in [1.29, 1.82) is 0 Å². The summed E-state index contributed by atoms with van der Waals surface area (Å²) < 4.78 is 13.2. The van der Waals surface area contributed by atoms with Crippen LogP contribution in [0.4, 0.5) is 10.1 Å². The largest absolute Gasteiger partial charge is 0.334 e. The summed E-state index contributed by atoms with van der Waals surface area (Å²) in [6.07, 6.45) is 3.73. The van der Waals surface area contributed by atoms with Crippen molar-refractivity contribution in [1.82, 2.24) is 0 Å². The van der Waals surface area contributed by atoms with E-state index in [1.165, 1.54) is 31.4 Å². The number of benzene rings is 1. The number of hydrogen-bond donors (Lipinski definition) is 1. The maximum atomic E-state index is 13.2. The molecule has 1 N–H and O–H groups in total. The molecule has 3 rings (SSSR count). The van der Waals surface area contributed by atoms with Crippen LogP contribution in [-0.2, 0) is 0 Å². The van der Waals surface area contributed by atoms with Crippen LogP contribution in [0.1, 0.15) is 19.3 Å². The lowest BCUT2D eigenvalue weighted by Crippen LogP contribution is -2.25. The lowest BCUT2D eigenvalue weighted by Gasteiger charge is -2.23. The molecule has 18 heavy (non-hydrogen) atoms. The normalized spacial score (nSPS) is 26.7. The fourth-order valence-electron chi connectivity index (χ4n) is 2.53. The van der Waals surface area contributed by atoms with E-state index in [1.807, 2.05) is 0 Å². The van der Waals surface area contributed by atoms with Gasteiger partial charge in [0.25, 0.3) is 0 Å². The van der Waals surface area contributed by atoms with Gasteiger partial charge >= 0.3 is 0 Å². The molecule has 0 aromatic heterocycles. The summed E-state index contributed by atoms with van der Waals surface area (Å²) in [5, 5.41) is 4.53. The topological polar surface area (TPSA) is 24.4 Å². The second kappa shape index (κ2) is 5.10. The van der Waals surface area contributed by atoms with Gasteiger partial charge in [-0.3, -0.25) is 4.99 Å². The van der Waals surface area contributed by atoms with Crippen LogP contribution in [0.25, 0.3) is 0 Å². The SMILES string of the molecule is Fc1ccc(Cl)c(NC2=NC3CCCC3CS2)c1. The molecule has 2 atom stereocenters. The van der Waals surface area contributed by atoms with Gasteiger partial charge in [0.15, 0.2) is 5.17 Å². The smallest absolute Gasteiger partial charge is 0.161 e. The first-order valence-electron chi connectivity index (χ1n) is 6.15. The summed E-state index contributed by atoms with van der Waals surface area (Å²) in [6, 6.07) is 4.77. The van der Waals surface area contributed by atoms with Crippen LogP contribution >= 0.6 is 23.4 Å². The van der Waals surface area contributed by atoms with Crippen molar-refractivity contribution in [2.24, 2.45) is 10.9 Å². The van der Waals surface area contributed by atoms with Crippen LogP contribution in [0.2, 0.25) is 5.02 Å². The molecule has 1 aromatic carbocycles. The first-order valence-corrected chi connectivity index (χ1v) is 7.51. The monoisotopic (exact) mass is 284 g/mol. The summed E-state index contributed by atoms with van der Waals surface area (Å²) in [6.45, 7) is 0. The van der Waals surface area contributed by atoms with Gasteiger partial charge in [0.05, 0.1) is 16.8 Å². The molecule has 96 valence electrons. The van der Waals surface area contributed by atoms with Gasteiger partial charge in [-0.05, 0) is 37.0 Å². The van der Waals surface area contributed by atoms with E-state index in [4.69, 9.17) is 16.6 Å². The Morgan fingerprint density at radius 3 is 3.17 bits per heavy atom. The maximum absolute atomic E-state index is 13.2. The molecular weight excluding hydrogens is 271 g/mol. The average molecular weight is 285 g/mol. The van der Waals surface area contributed by atoms with E-state index in [-0.39, 0.29) is 5.82 Å². The van der Waals surface area contributed by atoms with E-state index in [0.717, 1.165) is 16.8 Å². The number of aliphatic imine (C=N–C) groups is 1. The Hall–Kier alpha value is -0.740. The van der Waals surface area contributed by atoms with E-state index in [0.29, 0.717) is 16.8 Å². The molecule has 0 spiro atoms. The Balaban J connectivity index is 1.78. The Bertz CT molecular complexity index is 492. The lowest BCUT2D eigenvalue weighted by molar-refractivity contribution is 0.535. The van der Waals surface area contributed by atoms with Crippen LogP contribution < -0.4 is 5.32 Å². The Morgan fingerprint density at radius 2 is 2.28 bits per heavy atom. The number of anilines is 1. The number of halogens is 2. The predicted octanol–water partition coefficient (Wildman–Crippen LogP) is 4.16. The van der Waals surface area contributed by atoms with Crippen molar-refractivity contribution in [2.45, 2.75) is 25.3 Å². The highest BCUT2D eigenvalue weighted by Crippen LogP contribution is 2.36. The van der Waals surface area contributed by atoms with Crippen molar-refractivity contribution in [3.8, 4) is 0 Å². The molecule has 2 nitrogen and oxygen atoms in total. The number of fused-ring (bicyclic) bond motifs is 1. The molecule has 1 aromatic rings. The zero-order valence-electron chi connectivity index (χ0n) is 9.83. The molecule has 1 heterocycles. The molecule has 1 aliphatic carbocycles. The number of thioether (sulfide) groups is 1. The molecule has 2 aliphatic rings. The first-order chi connectivity index (χ1) is 8.72. The minimum Gasteiger partial charge on any atom is -0.334 e. The van der Waals surface area contributed by atoms with Crippen LogP contribution in [0, 0.1) is 11.7 Å². The van der Waals surface area contributed by atoms with E-state index in [2.05, 4.69) is 5.32 Å². The number of nitrogens with one attached hydrogen (secondary N) is 1. The maximum Gasteiger partial charge on any atom is 0.161 e. The molecule has 2 unspecified atom stereocenters. The van der Waals surface area contributed by atoms with Gasteiger partial charge in [0.2, 0.25) is 0 Å². The predicted molar refractivity (Wildman–Crippen MR) is 76.1 cm³/mol. The zero-order valence-corrected chi connectivity index (χ0v) is 11.4. The summed E-state index contributed by atoms with van der Waals surface area (Å²) in [5.41, 5.74) is 0.597. The number of amidine groups is 1. The third-order valence-electron chi connectivity index (χ3n) is 3.51. The van der Waals surface area contributed by atoms with E-state index in [1.54, 1.807) is 17.8 Å². The fourth-order valence-corrected chi connectivity index (χ4v) is 3.85. The van der Waals surface area contributed by atoms with Gasteiger partial charge in [-0.25, -0.2) is 4.39 Å². The molecule has 5 heteroatoms. The summed E-state index contributed by atoms with van der Waals surface area (Å²) >= 11 is 7.74. The van der Waals surface area contributed by atoms with E-state index < -0.39 is 0 Å².